The maximum atomic E-state index is 3.71. The summed E-state index contributed by atoms with van der Waals surface area (Å²) in [6.45, 7) is 7.85. The number of hydrogen-bond acceptors (Lipinski definition) is 0. The van der Waals surface area contributed by atoms with Crippen LogP contribution in [0.2, 0.25) is 0 Å². The summed E-state index contributed by atoms with van der Waals surface area (Å²) in [5.74, 6) is 0. The Kier molecular flexibility index (Phi) is 2.87. The SMILES string of the molecule is C=C/C(C)=C/c1ccc(C)cc1. The van der Waals surface area contributed by atoms with Gasteiger partial charge >= 0.3 is 0 Å². The van der Waals surface area contributed by atoms with Crippen LogP contribution in [0, 0.1) is 6.92 Å². The molecule has 1 aromatic carbocycles. The van der Waals surface area contributed by atoms with Gasteiger partial charge in [0.1, 0.15) is 0 Å². The van der Waals surface area contributed by atoms with Crippen molar-refractivity contribution in [1.29, 1.82) is 0 Å². The summed E-state index contributed by atoms with van der Waals surface area (Å²) < 4.78 is 0. The molecule has 0 atom stereocenters. The molecule has 12 heavy (non-hydrogen) atoms. The fraction of sp³-hybridized carbons (Fsp3) is 0.167. The van der Waals surface area contributed by atoms with E-state index in [1.807, 2.05) is 13.0 Å². The summed E-state index contributed by atoms with van der Waals surface area (Å²) >= 11 is 0. The van der Waals surface area contributed by atoms with Gasteiger partial charge < -0.3 is 0 Å². The molecule has 0 aliphatic carbocycles. The molecule has 1 rings (SSSR count). The first-order valence-electron chi connectivity index (χ1n) is 4.10. The molecule has 0 radical (unpaired) electrons. The Morgan fingerprint density at radius 2 is 1.83 bits per heavy atom. The maximum absolute atomic E-state index is 3.71. The number of rotatable bonds is 2. The number of allylic oxidation sites excluding steroid dienone is 2. The van der Waals surface area contributed by atoms with Crippen LogP contribution in [-0.2, 0) is 0 Å². The smallest absolute Gasteiger partial charge is 0.0254 e. The summed E-state index contributed by atoms with van der Waals surface area (Å²) in [6.07, 6.45) is 3.98. The molecule has 0 saturated heterocycles. The van der Waals surface area contributed by atoms with Gasteiger partial charge in [-0.1, -0.05) is 54.1 Å². The fourth-order valence-electron chi connectivity index (χ4n) is 0.984. The Hall–Kier alpha value is -1.30. The minimum absolute atomic E-state index is 1.19. The van der Waals surface area contributed by atoms with Gasteiger partial charge in [-0.05, 0) is 19.4 Å². The van der Waals surface area contributed by atoms with Crippen LogP contribution in [0.5, 0.6) is 0 Å². The molecule has 0 fully saturated rings. The van der Waals surface area contributed by atoms with Crippen molar-refractivity contribution in [2.75, 3.05) is 0 Å². The van der Waals surface area contributed by atoms with Crippen molar-refractivity contribution in [2.24, 2.45) is 0 Å². The minimum Gasteiger partial charge on any atom is -0.0988 e. The molecular formula is C12H14. The Bertz CT molecular complexity index is 288. The van der Waals surface area contributed by atoms with Crippen molar-refractivity contribution in [1.82, 2.24) is 0 Å². The van der Waals surface area contributed by atoms with Crippen molar-refractivity contribution in [2.45, 2.75) is 13.8 Å². The zero-order chi connectivity index (χ0) is 8.97. The van der Waals surface area contributed by atoms with Crippen molar-refractivity contribution < 1.29 is 0 Å². The lowest BCUT2D eigenvalue weighted by atomic mass is 10.1. The standard InChI is InChI=1S/C12H14/c1-4-10(2)9-12-7-5-11(3)6-8-12/h4-9H,1H2,2-3H3/b10-9+. The van der Waals surface area contributed by atoms with Crippen molar-refractivity contribution in [3.8, 4) is 0 Å². The zero-order valence-electron chi connectivity index (χ0n) is 7.67. The highest BCUT2D eigenvalue weighted by Gasteiger charge is 1.87. The van der Waals surface area contributed by atoms with Crippen LogP contribution >= 0.6 is 0 Å². The van der Waals surface area contributed by atoms with Gasteiger partial charge in [-0.25, -0.2) is 0 Å². The highest BCUT2D eigenvalue weighted by Crippen LogP contribution is 2.08. The van der Waals surface area contributed by atoms with Gasteiger partial charge in [-0.2, -0.15) is 0 Å². The molecule has 0 spiro atoms. The molecule has 0 aliphatic heterocycles. The lowest BCUT2D eigenvalue weighted by Gasteiger charge is -1.95. The number of hydrogen-bond donors (Lipinski definition) is 0. The van der Waals surface area contributed by atoms with E-state index in [0.29, 0.717) is 0 Å². The second kappa shape index (κ2) is 3.91. The third-order valence-corrected chi connectivity index (χ3v) is 1.79. The Morgan fingerprint density at radius 3 is 2.33 bits per heavy atom. The molecule has 0 bridgehead atoms. The molecule has 0 N–H and O–H groups in total. The molecule has 0 unspecified atom stereocenters. The predicted molar refractivity (Wildman–Crippen MR) is 55.0 cm³/mol. The first-order valence-corrected chi connectivity index (χ1v) is 4.10. The van der Waals surface area contributed by atoms with Crippen molar-refractivity contribution in [3.63, 3.8) is 0 Å². The topological polar surface area (TPSA) is 0 Å². The highest BCUT2D eigenvalue weighted by molar-refractivity contribution is 5.55. The summed E-state index contributed by atoms with van der Waals surface area (Å²) in [7, 11) is 0. The highest BCUT2D eigenvalue weighted by atomic mass is 13.9. The van der Waals surface area contributed by atoms with Crippen LogP contribution in [0.4, 0.5) is 0 Å². The quantitative estimate of drug-likeness (QED) is 0.577. The molecule has 0 heteroatoms. The van der Waals surface area contributed by atoms with E-state index in [2.05, 4.69) is 43.8 Å². The lowest BCUT2D eigenvalue weighted by molar-refractivity contribution is 1.45. The van der Waals surface area contributed by atoms with E-state index in [9.17, 15) is 0 Å². The van der Waals surface area contributed by atoms with Crippen LogP contribution < -0.4 is 0 Å². The van der Waals surface area contributed by atoms with Crippen LogP contribution in [-0.4, -0.2) is 0 Å². The van der Waals surface area contributed by atoms with E-state index in [1.165, 1.54) is 16.7 Å². The van der Waals surface area contributed by atoms with Gasteiger partial charge in [-0.15, -0.1) is 0 Å². The van der Waals surface area contributed by atoms with Crippen LogP contribution in [0.1, 0.15) is 18.1 Å². The van der Waals surface area contributed by atoms with Gasteiger partial charge in [0.05, 0.1) is 0 Å². The third kappa shape index (κ3) is 2.39. The Balaban J connectivity index is 2.91. The summed E-state index contributed by atoms with van der Waals surface area (Å²) in [5.41, 5.74) is 3.72. The second-order valence-corrected chi connectivity index (χ2v) is 3.00. The monoisotopic (exact) mass is 158 g/mol. The van der Waals surface area contributed by atoms with Gasteiger partial charge in [0.15, 0.2) is 0 Å². The summed E-state index contributed by atoms with van der Waals surface area (Å²) in [5, 5.41) is 0. The van der Waals surface area contributed by atoms with E-state index < -0.39 is 0 Å². The van der Waals surface area contributed by atoms with Gasteiger partial charge in [0, 0.05) is 0 Å². The number of benzene rings is 1. The van der Waals surface area contributed by atoms with Crippen molar-refractivity contribution in [3.05, 3.63) is 53.6 Å². The molecule has 0 heterocycles. The van der Waals surface area contributed by atoms with E-state index in [0.717, 1.165) is 0 Å². The maximum Gasteiger partial charge on any atom is -0.0254 e. The van der Waals surface area contributed by atoms with E-state index in [-0.39, 0.29) is 0 Å². The largest absolute Gasteiger partial charge is 0.0988 e. The van der Waals surface area contributed by atoms with Gasteiger partial charge in [-0.3, -0.25) is 0 Å². The van der Waals surface area contributed by atoms with E-state index >= 15 is 0 Å². The zero-order valence-corrected chi connectivity index (χ0v) is 7.67. The predicted octanol–water partition coefficient (Wildman–Crippen LogP) is 3.58. The van der Waals surface area contributed by atoms with Crippen LogP contribution in [0.25, 0.3) is 6.08 Å². The first kappa shape index (κ1) is 8.79. The average Bonchev–Trinajstić information content (AvgIpc) is 2.09. The molecule has 62 valence electrons. The molecule has 0 aromatic heterocycles. The van der Waals surface area contributed by atoms with Crippen molar-refractivity contribution >= 4 is 6.08 Å². The second-order valence-electron chi connectivity index (χ2n) is 3.00. The summed E-state index contributed by atoms with van der Waals surface area (Å²) in [6, 6.07) is 8.45. The number of aryl methyl sites for hydroxylation is 1. The summed E-state index contributed by atoms with van der Waals surface area (Å²) in [4.78, 5) is 0. The van der Waals surface area contributed by atoms with E-state index in [4.69, 9.17) is 0 Å². The normalized spacial score (nSPS) is 11.3. The molecule has 0 amide bonds. The average molecular weight is 158 g/mol. The molecule has 1 aromatic rings. The molecule has 0 saturated carbocycles. The van der Waals surface area contributed by atoms with Crippen LogP contribution in [0.15, 0.2) is 42.5 Å². The lowest BCUT2D eigenvalue weighted by Crippen LogP contribution is -1.74. The first-order chi connectivity index (χ1) is 5.72. The molecular weight excluding hydrogens is 144 g/mol. The Morgan fingerprint density at radius 1 is 1.25 bits per heavy atom. The fourth-order valence-corrected chi connectivity index (χ4v) is 0.984. The third-order valence-electron chi connectivity index (χ3n) is 1.79. The van der Waals surface area contributed by atoms with Gasteiger partial charge in [0.2, 0.25) is 0 Å². The van der Waals surface area contributed by atoms with Gasteiger partial charge in [0.25, 0.3) is 0 Å². The molecule has 0 nitrogen and oxygen atoms in total. The minimum atomic E-state index is 1.19. The molecule has 0 aliphatic rings. The van der Waals surface area contributed by atoms with Crippen LogP contribution in [0.3, 0.4) is 0 Å². The Labute approximate surface area is 74.2 Å². The van der Waals surface area contributed by atoms with E-state index in [1.54, 1.807) is 0 Å².